The lowest BCUT2D eigenvalue weighted by Gasteiger charge is -2.18. The van der Waals surface area contributed by atoms with E-state index in [1.54, 1.807) is 0 Å². The predicted molar refractivity (Wildman–Crippen MR) is 62.5 cm³/mol. The number of hydrogen-bond acceptors (Lipinski definition) is 1. The molecule has 1 unspecified atom stereocenters. The maximum absolute atomic E-state index is 5.60. The van der Waals surface area contributed by atoms with Crippen LogP contribution < -0.4 is 0 Å². The van der Waals surface area contributed by atoms with Crippen molar-refractivity contribution < 1.29 is 4.74 Å². The van der Waals surface area contributed by atoms with Gasteiger partial charge in [0.1, 0.15) is 9.84 Å². The first-order valence-electron chi connectivity index (χ1n) is 4.20. The Kier molecular flexibility index (Phi) is 4.99. The van der Waals surface area contributed by atoms with Gasteiger partial charge in [0, 0.05) is 6.61 Å². The van der Waals surface area contributed by atoms with Crippen LogP contribution in [0.3, 0.4) is 0 Å². The SMILES string of the molecule is CCOC(c1ccccc1)C(Br)Br. The molecule has 0 spiro atoms. The molecular formula is C10H12Br2O. The average Bonchev–Trinajstić information content (AvgIpc) is 2.15. The Morgan fingerprint density at radius 1 is 1.23 bits per heavy atom. The first-order chi connectivity index (χ1) is 6.25. The monoisotopic (exact) mass is 306 g/mol. The number of halogens is 2. The first-order valence-corrected chi connectivity index (χ1v) is 6.03. The zero-order valence-electron chi connectivity index (χ0n) is 7.41. The number of benzene rings is 1. The summed E-state index contributed by atoms with van der Waals surface area (Å²) < 4.78 is 5.75. The fourth-order valence-electron chi connectivity index (χ4n) is 1.14. The van der Waals surface area contributed by atoms with Crippen LogP contribution in [0, 0.1) is 0 Å². The molecule has 0 bridgehead atoms. The molecular weight excluding hydrogens is 296 g/mol. The molecule has 0 saturated heterocycles. The lowest BCUT2D eigenvalue weighted by atomic mass is 10.1. The van der Waals surface area contributed by atoms with E-state index in [4.69, 9.17) is 4.74 Å². The number of ether oxygens (including phenoxy) is 1. The maximum atomic E-state index is 5.60. The highest BCUT2D eigenvalue weighted by Crippen LogP contribution is 2.30. The van der Waals surface area contributed by atoms with Crippen molar-refractivity contribution in [2.24, 2.45) is 0 Å². The van der Waals surface area contributed by atoms with E-state index >= 15 is 0 Å². The van der Waals surface area contributed by atoms with Crippen molar-refractivity contribution in [3.63, 3.8) is 0 Å². The fourth-order valence-corrected chi connectivity index (χ4v) is 2.05. The Morgan fingerprint density at radius 3 is 2.31 bits per heavy atom. The molecule has 13 heavy (non-hydrogen) atoms. The molecule has 72 valence electrons. The largest absolute Gasteiger partial charge is 0.372 e. The van der Waals surface area contributed by atoms with E-state index in [-0.39, 0.29) is 9.84 Å². The van der Waals surface area contributed by atoms with Gasteiger partial charge < -0.3 is 4.74 Å². The van der Waals surface area contributed by atoms with Crippen molar-refractivity contribution in [3.05, 3.63) is 35.9 Å². The maximum Gasteiger partial charge on any atom is 0.105 e. The van der Waals surface area contributed by atoms with Gasteiger partial charge in [-0.3, -0.25) is 0 Å². The molecule has 1 aromatic rings. The minimum atomic E-state index is 0.0752. The smallest absolute Gasteiger partial charge is 0.105 e. The molecule has 0 heterocycles. The van der Waals surface area contributed by atoms with Crippen LogP contribution >= 0.6 is 31.9 Å². The van der Waals surface area contributed by atoms with Crippen LogP contribution in [0.1, 0.15) is 18.6 Å². The van der Waals surface area contributed by atoms with Crippen molar-refractivity contribution in [3.8, 4) is 0 Å². The summed E-state index contributed by atoms with van der Waals surface area (Å²) >= 11 is 6.94. The van der Waals surface area contributed by atoms with E-state index in [9.17, 15) is 0 Å². The zero-order valence-corrected chi connectivity index (χ0v) is 10.6. The summed E-state index contributed by atoms with van der Waals surface area (Å²) in [6.45, 7) is 2.71. The van der Waals surface area contributed by atoms with Crippen LogP contribution in [0.4, 0.5) is 0 Å². The molecule has 0 aliphatic rings. The molecule has 1 atom stereocenters. The molecule has 0 fully saturated rings. The van der Waals surface area contributed by atoms with Crippen molar-refractivity contribution in [2.75, 3.05) is 6.61 Å². The standard InChI is InChI=1S/C10H12Br2O/c1-2-13-9(10(11)12)8-6-4-3-5-7-8/h3-7,9-10H,2H2,1H3. The molecule has 0 aliphatic carbocycles. The second kappa shape index (κ2) is 5.78. The second-order valence-corrected chi connectivity index (χ2v) is 5.82. The summed E-state index contributed by atoms with van der Waals surface area (Å²) in [7, 11) is 0. The van der Waals surface area contributed by atoms with Crippen molar-refractivity contribution >= 4 is 31.9 Å². The highest BCUT2D eigenvalue weighted by Gasteiger charge is 2.17. The molecule has 1 aromatic carbocycles. The van der Waals surface area contributed by atoms with E-state index in [2.05, 4.69) is 44.0 Å². The summed E-state index contributed by atoms with van der Waals surface area (Å²) in [6, 6.07) is 10.2. The van der Waals surface area contributed by atoms with Gasteiger partial charge in [0.25, 0.3) is 0 Å². The van der Waals surface area contributed by atoms with Gasteiger partial charge in [0.2, 0.25) is 0 Å². The van der Waals surface area contributed by atoms with Crippen LogP contribution in [0.15, 0.2) is 30.3 Å². The van der Waals surface area contributed by atoms with Crippen LogP contribution in [0.2, 0.25) is 0 Å². The molecule has 0 aromatic heterocycles. The molecule has 1 rings (SSSR count). The van der Waals surface area contributed by atoms with Gasteiger partial charge in [-0.15, -0.1) is 0 Å². The molecule has 0 aliphatic heterocycles. The van der Waals surface area contributed by atoms with Crippen LogP contribution in [-0.4, -0.2) is 10.3 Å². The van der Waals surface area contributed by atoms with E-state index < -0.39 is 0 Å². The van der Waals surface area contributed by atoms with Crippen LogP contribution in [0.25, 0.3) is 0 Å². The lowest BCUT2D eigenvalue weighted by Crippen LogP contribution is -2.10. The van der Waals surface area contributed by atoms with E-state index in [1.807, 2.05) is 25.1 Å². The van der Waals surface area contributed by atoms with Crippen molar-refractivity contribution in [1.29, 1.82) is 0 Å². The van der Waals surface area contributed by atoms with Crippen molar-refractivity contribution in [1.82, 2.24) is 0 Å². The molecule has 0 saturated carbocycles. The van der Waals surface area contributed by atoms with Gasteiger partial charge in [0.05, 0.1) is 0 Å². The summed E-state index contributed by atoms with van der Waals surface area (Å²) in [5.74, 6) is 0. The quantitative estimate of drug-likeness (QED) is 0.767. The van der Waals surface area contributed by atoms with Crippen LogP contribution in [0.5, 0.6) is 0 Å². The molecule has 0 amide bonds. The van der Waals surface area contributed by atoms with E-state index in [0.29, 0.717) is 6.61 Å². The Hall–Kier alpha value is 0.140. The average molecular weight is 308 g/mol. The number of rotatable bonds is 4. The van der Waals surface area contributed by atoms with Gasteiger partial charge in [0.15, 0.2) is 0 Å². The van der Waals surface area contributed by atoms with Gasteiger partial charge in [-0.1, -0.05) is 62.2 Å². The Morgan fingerprint density at radius 2 is 1.85 bits per heavy atom. The minimum absolute atomic E-state index is 0.0752. The molecule has 0 N–H and O–H groups in total. The summed E-state index contributed by atoms with van der Waals surface area (Å²) in [6.07, 6.45) is 0.0752. The molecule has 3 heteroatoms. The topological polar surface area (TPSA) is 9.23 Å². The third-order valence-electron chi connectivity index (χ3n) is 1.70. The Balaban J connectivity index is 2.76. The Labute approximate surface area is 95.7 Å². The first kappa shape index (κ1) is 11.2. The van der Waals surface area contributed by atoms with Crippen molar-refractivity contribution in [2.45, 2.75) is 16.8 Å². The molecule has 0 radical (unpaired) electrons. The van der Waals surface area contributed by atoms with Crippen LogP contribution in [-0.2, 0) is 4.74 Å². The Bertz CT molecular complexity index is 236. The number of hydrogen-bond donors (Lipinski definition) is 0. The normalized spacial score (nSPS) is 13.2. The predicted octanol–water partition coefficient (Wildman–Crippen LogP) is 3.88. The van der Waals surface area contributed by atoms with E-state index in [0.717, 1.165) is 0 Å². The molecule has 1 nitrogen and oxygen atoms in total. The second-order valence-electron chi connectivity index (χ2n) is 2.62. The van der Waals surface area contributed by atoms with Gasteiger partial charge in [-0.05, 0) is 12.5 Å². The third-order valence-corrected chi connectivity index (χ3v) is 2.66. The van der Waals surface area contributed by atoms with Gasteiger partial charge >= 0.3 is 0 Å². The van der Waals surface area contributed by atoms with E-state index in [1.165, 1.54) is 5.56 Å². The lowest BCUT2D eigenvalue weighted by molar-refractivity contribution is 0.0764. The van der Waals surface area contributed by atoms with Gasteiger partial charge in [-0.2, -0.15) is 0 Å². The minimum Gasteiger partial charge on any atom is -0.372 e. The number of alkyl halides is 2. The van der Waals surface area contributed by atoms with Gasteiger partial charge in [-0.25, -0.2) is 0 Å². The summed E-state index contributed by atoms with van der Waals surface area (Å²) in [4.78, 5) is 0. The summed E-state index contributed by atoms with van der Waals surface area (Å²) in [5, 5.41) is 0. The highest BCUT2D eigenvalue weighted by molar-refractivity contribution is 9.24. The zero-order chi connectivity index (χ0) is 9.68. The fraction of sp³-hybridized carbons (Fsp3) is 0.400. The third kappa shape index (κ3) is 3.41. The highest BCUT2D eigenvalue weighted by atomic mass is 79.9. The summed E-state index contributed by atoms with van der Waals surface area (Å²) in [5.41, 5.74) is 1.18.